The first-order chi connectivity index (χ1) is 16.3. The van der Waals surface area contributed by atoms with Crippen molar-refractivity contribution in [2.45, 2.75) is 39.8 Å². The lowest BCUT2D eigenvalue weighted by Gasteiger charge is -2.04. The normalized spacial score (nSPS) is 10.8. The Bertz CT molecular complexity index is 1300. The standard InChI is InChI=1S/2C12H13BrN2O2/c1-3-4-15-7-10-9(12(16)17-2)5-8(13)6-11(10)14-15;1-3-4-15-11-6-8(13)5-9(12(16)17-2)10(11)7-14-15/h2*5-7H,3-4H2,1-2H3. The topological polar surface area (TPSA) is 88.2 Å². The molecular formula is C24H26Br2N4O4. The second-order valence-corrected chi connectivity index (χ2v) is 9.35. The largest absolute Gasteiger partial charge is 0.465 e. The maximum atomic E-state index is 11.7. The number of carbonyl (C=O) groups excluding carboxylic acids is 2. The third kappa shape index (κ3) is 5.67. The number of carbonyl (C=O) groups is 2. The Morgan fingerprint density at radius 3 is 2.06 bits per heavy atom. The van der Waals surface area contributed by atoms with E-state index in [9.17, 15) is 9.59 Å². The number of hydrogen-bond acceptors (Lipinski definition) is 6. The highest BCUT2D eigenvalue weighted by atomic mass is 79.9. The van der Waals surface area contributed by atoms with Crippen LogP contribution in [0.3, 0.4) is 0 Å². The van der Waals surface area contributed by atoms with E-state index in [4.69, 9.17) is 9.47 Å². The van der Waals surface area contributed by atoms with Gasteiger partial charge in [-0.15, -0.1) is 0 Å². The zero-order valence-electron chi connectivity index (χ0n) is 19.5. The number of rotatable bonds is 6. The van der Waals surface area contributed by atoms with E-state index >= 15 is 0 Å². The molecule has 0 unspecified atom stereocenters. The van der Waals surface area contributed by atoms with Crippen LogP contribution in [0.2, 0.25) is 0 Å². The summed E-state index contributed by atoms with van der Waals surface area (Å²) in [7, 11) is 2.76. The van der Waals surface area contributed by atoms with Gasteiger partial charge in [-0.25, -0.2) is 9.59 Å². The average Bonchev–Trinajstić information content (AvgIpc) is 3.41. The monoisotopic (exact) mass is 592 g/mol. The number of aromatic nitrogens is 4. The van der Waals surface area contributed by atoms with Crippen LogP contribution in [0.1, 0.15) is 47.4 Å². The summed E-state index contributed by atoms with van der Waals surface area (Å²) in [6.07, 6.45) is 5.60. The molecule has 0 aliphatic heterocycles. The van der Waals surface area contributed by atoms with Crippen LogP contribution in [-0.4, -0.2) is 45.7 Å². The Labute approximate surface area is 214 Å². The molecule has 8 nitrogen and oxygen atoms in total. The first kappa shape index (κ1) is 25.9. The van der Waals surface area contributed by atoms with Gasteiger partial charge in [0, 0.05) is 39.0 Å². The van der Waals surface area contributed by atoms with Crippen LogP contribution in [-0.2, 0) is 22.6 Å². The van der Waals surface area contributed by atoms with Gasteiger partial charge >= 0.3 is 11.9 Å². The van der Waals surface area contributed by atoms with Crippen molar-refractivity contribution in [3.8, 4) is 0 Å². The van der Waals surface area contributed by atoms with Crippen molar-refractivity contribution in [3.63, 3.8) is 0 Å². The number of esters is 2. The molecule has 4 aromatic rings. The minimum Gasteiger partial charge on any atom is -0.465 e. The van der Waals surface area contributed by atoms with E-state index in [0.29, 0.717) is 11.1 Å². The van der Waals surface area contributed by atoms with E-state index in [0.717, 1.165) is 56.7 Å². The quantitative estimate of drug-likeness (QED) is 0.255. The van der Waals surface area contributed by atoms with Crippen molar-refractivity contribution in [2.24, 2.45) is 0 Å². The molecule has 0 fully saturated rings. The van der Waals surface area contributed by atoms with Gasteiger partial charge in [-0.05, 0) is 37.1 Å². The molecule has 0 spiro atoms. The predicted molar refractivity (Wildman–Crippen MR) is 138 cm³/mol. The lowest BCUT2D eigenvalue weighted by Crippen LogP contribution is -2.03. The van der Waals surface area contributed by atoms with Crippen LogP contribution in [0, 0.1) is 0 Å². The minimum atomic E-state index is -0.340. The molecule has 4 rings (SSSR count). The van der Waals surface area contributed by atoms with Gasteiger partial charge in [-0.1, -0.05) is 45.7 Å². The molecule has 0 aliphatic rings. The van der Waals surface area contributed by atoms with Crippen LogP contribution in [0.25, 0.3) is 21.8 Å². The van der Waals surface area contributed by atoms with Gasteiger partial charge < -0.3 is 9.47 Å². The molecule has 34 heavy (non-hydrogen) atoms. The summed E-state index contributed by atoms with van der Waals surface area (Å²) in [5, 5.41) is 10.4. The van der Waals surface area contributed by atoms with Gasteiger partial charge in [-0.2, -0.15) is 10.2 Å². The summed E-state index contributed by atoms with van der Waals surface area (Å²) < 4.78 is 15.0. The van der Waals surface area contributed by atoms with Gasteiger partial charge in [-0.3, -0.25) is 9.36 Å². The lowest BCUT2D eigenvalue weighted by atomic mass is 10.1. The Balaban J connectivity index is 0.000000191. The SMILES string of the molecule is CCCn1cc2c(C(=O)OC)cc(Br)cc2n1.CCCn1ncc2c(C(=O)OC)cc(Br)cc21. The summed E-state index contributed by atoms with van der Waals surface area (Å²) in [6.45, 7) is 5.85. The van der Waals surface area contributed by atoms with Crippen molar-refractivity contribution in [3.05, 3.63) is 56.7 Å². The van der Waals surface area contributed by atoms with Crippen molar-refractivity contribution in [1.82, 2.24) is 19.6 Å². The second-order valence-electron chi connectivity index (χ2n) is 7.52. The highest BCUT2D eigenvalue weighted by Gasteiger charge is 2.15. The van der Waals surface area contributed by atoms with E-state index in [2.05, 4.69) is 55.9 Å². The number of hydrogen-bond donors (Lipinski definition) is 0. The van der Waals surface area contributed by atoms with Crippen molar-refractivity contribution in [1.29, 1.82) is 0 Å². The molecule has 0 radical (unpaired) electrons. The number of methoxy groups -OCH3 is 2. The van der Waals surface area contributed by atoms with Crippen LogP contribution < -0.4 is 0 Å². The lowest BCUT2D eigenvalue weighted by molar-refractivity contribution is 0.0594. The number of nitrogens with zero attached hydrogens (tertiary/aromatic N) is 4. The zero-order valence-corrected chi connectivity index (χ0v) is 22.6. The van der Waals surface area contributed by atoms with Crippen molar-refractivity contribution in [2.75, 3.05) is 14.2 Å². The van der Waals surface area contributed by atoms with E-state index in [1.165, 1.54) is 14.2 Å². The molecule has 0 bridgehead atoms. The van der Waals surface area contributed by atoms with Crippen LogP contribution in [0.5, 0.6) is 0 Å². The van der Waals surface area contributed by atoms with Crippen LogP contribution in [0.4, 0.5) is 0 Å². The van der Waals surface area contributed by atoms with Gasteiger partial charge in [0.15, 0.2) is 0 Å². The number of benzene rings is 2. The van der Waals surface area contributed by atoms with Gasteiger partial charge in [0.05, 0.1) is 42.6 Å². The summed E-state index contributed by atoms with van der Waals surface area (Å²) >= 11 is 6.77. The molecule has 180 valence electrons. The molecule has 0 atom stereocenters. The molecule has 0 saturated carbocycles. The first-order valence-electron chi connectivity index (χ1n) is 10.8. The number of ether oxygens (including phenoxy) is 2. The highest BCUT2D eigenvalue weighted by Crippen LogP contribution is 2.26. The fourth-order valence-electron chi connectivity index (χ4n) is 3.57. The van der Waals surface area contributed by atoms with Gasteiger partial charge in [0.2, 0.25) is 0 Å². The Morgan fingerprint density at radius 1 is 0.882 bits per heavy atom. The fraction of sp³-hybridized carbons (Fsp3) is 0.333. The highest BCUT2D eigenvalue weighted by molar-refractivity contribution is 9.10. The first-order valence-corrected chi connectivity index (χ1v) is 12.4. The van der Waals surface area contributed by atoms with E-state index in [1.807, 2.05) is 27.7 Å². The molecule has 2 heterocycles. The maximum absolute atomic E-state index is 11.7. The summed E-state index contributed by atoms with van der Waals surface area (Å²) in [5.41, 5.74) is 2.83. The zero-order chi connectivity index (χ0) is 24.8. The Kier molecular flexibility index (Phi) is 8.84. The van der Waals surface area contributed by atoms with Crippen molar-refractivity contribution < 1.29 is 19.1 Å². The molecule has 0 amide bonds. The smallest absolute Gasteiger partial charge is 0.338 e. The molecule has 10 heteroatoms. The molecular weight excluding hydrogens is 568 g/mol. The third-order valence-electron chi connectivity index (χ3n) is 5.06. The van der Waals surface area contributed by atoms with E-state index in [1.54, 1.807) is 18.3 Å². The molecule has 2 aromatic carbocycles. The van der Waals surface area contributed by atoms with Crippen LogP contribution >= 0.6 is 31.9 Å². The number of fused-ring (bicyclic) bond motifs is 2. The molecule has 2 aromatic heterocycles. The minimum absolute atomic E-state index is 0.340. The van der Waals surface area contributed by atoms with E-state index < -0.39 is 0 Å². The third-order valence-corrected chi connectivity index (χ3v) is 5.98. The molecule has 0 saturated heterocycles. The molecule has 0 N–H and O–H groups in total. The summed E-state index contributed by atoms with van der Waals surface area (Å²) in [5.74, 6) is -0.681. The number of aryl methyl sites for hydroxylation is 2. The Hall–Kier alpha value is -2.72. The van der Waals surface area contributed by atoms with Gasteiger partial charge in [0.1, 0.15) is 0 Å². The number of halogens is 2. The predicted octanol–water partition coefficient (Wildman–Crippen LogP) is 5.99. The van der Waals surface area contributed by atoms with Crippen LogP contribution in [0.15, 0.2) is 45.6 Å². The molecule has 0 aliphatic carbocycles. The Morgan fingerprint density at radius 2 is 1.47 bits per heavy atom. The summed E-state index contributed by atoms with van der Waals surface area (Å²) in [4.78, 5) is 23.3. The summed E-state index contributed by atoms with van der Waals surface area (Å²) in [6, 6.07) is 7.37. The second kappa shape index (κ2) is 11.6. The maximum Gasteiger partial charge on any atom is 0.338 e. The van der Waals surface area contributed by atoms with E-state index in [-0.39, 0.29) is 11.9 Å². The average molecular weight is 594 g/mol. The fourth-order valence-corrected chi connectivity index (χ4v) is 4.46. The van der Waals surface area contributed by atoms with Crippen molar-refractivity contribution >= 4 is 65.6 Å². The van der Waals surface area contributed by atoms with Gasteiger partial charge in [0.25, 0.3) is 0 Å².